The summed E-state index contributed by atoms with van der Waals surface area (Å²) in [7, 11) is 0. The molecule has 5 heteroatoms. The van der Waals surface area contributed by atoms with Gasteiger partial charge in [0, 0.05) is 18.9 Å². The lowest BCUT2D eigenvalue weighted by atomic mass is 9.94. The van der Waals surface area contributed by atoms with E-state index in [1.165, 1.54) is 42.7 Å². The fraction of sp³-hybridized carbons (Fsp3) is 0.625. The molecule has 21 heavy (non-hydrogen) atoms. The van der Waals surface area contributed by atoms with Gasteiger partial charge in [-0.05, 0) is 56.5 Å². The van der Waals surface area contributed by atoms with Crippen LogP contribution in [-0.4, -0.2) is 16.0 Å². The Morgan fingerprint density at radius 1 is 1.19 bits per heavy atom. The standard InChI is InChI=1S/C16H25N2S3/c1-12(2)21-18(13-8-4-3-5-9-13)14-10-6-7-11-15(14)19-16(18)20-17/h6-7,10-13,16H,3-5,8-9,17H2,1-2H3/q+1. The Morgan fingerprint density at radius 3 is 2.57 bits per heavy atom. The molecule has 0 aromatic heterocycles. The van der Waals surface area contributed by atoms with Crippen molar-refractivity contribution in [1.29, 1.82) is 0 Å². The lowest BCUT2D eigenvalue weighted by Crippen LogP contribution is -2.55. The Bertz CT molecular complexity index is 488. The van der Waals surface area contributed by atoms with Crippen molar-refractivity contribution < 1.29 is 0 Å². The molecule has 0 amide bonds. The molecular weight excluding hydrogens is 316 g/mol. The summed E-state index contributed by atoms with van der Waals surface area (Å²) in [6, 6.07) is 9.67. The Hall–Kier alpha value is 0.190. The summed E-state index contributed by atoms with van der Waals surface area (Å²) in [6.45, 7) is 4.63. The average Bonchev–Trinajstić information content (AvgIpc) is 2.82. The van der Waals surface area contributed by atoms with Gasteiger partial charge in [0.15, 0.2) is 5.69 Å². The maximum Gasteiger partial charge on any atom is 0.216 e. The van der Waals surface area contributed by atoms with Crippen LogP contribution < -0.4 is 9.03 Å². The molecule has 1 aliphatic carbocycles. The van der Waals surface area contributed by atoms with Gasteiger partial charge in [-0.25, -0.2) is 3.89 Å². The Labute approximate surface area is 141 Å². The molecule has 0 radical (unpaired) electrons. The minimum absolute atomic E-state index is 0.387. The number of benzene rings is 1. The van der Waals surface area contributed by atoms with E-state index in [1.807, 2.05) is 11.8 Å². The first kappa shape index (κ1) is 16.1. The van der Waals surface area contributed by atoms with E-state index in [0.29, 0.717) is 16.0 Å². The zero-order valence-electron chi connectivity index (χ0n) is 12.8. The van der Waals surface area contributed by atoms with E-state index in [1.54, 1.807) is 11.9 Å². The fourth-order valence-corrected chi connectivity index (χ4v) is 7.88. The van der Waals surface area contributed by atoms with Crippen LogP contribution in [0.4, 0.5) is 5.69 Å². The molecule has 1 aromatic rings. The molecule has 3 rings (SSSR count). The first-order valence-corrected chi connectivity index (χ1v) is 10.5. The number of rotatable bonds is 4. The van der Waals surface area contributed by atoms with Crippen molar-refractivity contribution in [3.63, 3.8) is 0 Å². The van der Waals surface area contributed by atoms with Crippen molar-refractivity contribution in [1.82, 2.24) is 3.89 Å². The summed E-state index contributed by atoms with van der Waals surface area (Å²) in [5, 5.41) is 6.74. The number of quaternary nitrogens is 1. The predicted octanol–water partition coefficient (Wildman–Crippen LogP) is 5.38. The van der Waals surface area contributed by atoms with E-state index < -0.39 is 0 Å². The minimum Gasteiger partial charge on any atom is -0.272 e. The van der Waals surface area contributed by atoms with E-state index in [9.17, 15) is 0 Å². The predicted molar refractivity (Wildman–Crippen MR) is 99.3 cm³/mol. The SMILES string of the molecule is CC(C)S[N+]1(C2CCCCC2)c2ccccc2SC1SN. The molecule has 0 spiro atoms. The molecule has 0 saturated heterocycles. The Kier molecular flexibility index (Phi) is 5.16. The van der Waals surface area contributed by atoms with Crippen LogP contribution in [0, 0.1) is 0 Å². The second-order valence-electron chi connectivity index (χ2n) is 6.18. The zero-order chi connectivity index (χ0) is 14.9. The second-order valence-corrected chi connectivity index (χ2v) is 10.1. The summed E-state index contributed by atoms with van der Waals surface area (Å²) in [5.41, 5.74) is 1.50. The highest BCUT2D eigenvalue weighted by atomic mass is 32.2. The molecule has 2 nitrogen and oxygen atoms in total. The molecule has 0 bridgehead atoms. The van der Waals surface area contributed by atoms with Gasteiger partial charge in [0.1, 0.15) is 6.04 Å². The van der Waals surface area contributed by atoms with E-state index in [-0.39, 0.29) is 0 Å². The van der Waals surface area contributed by atoms with E-state index in [4.69, 9.17) is 5.14 Å². The fourth-order valence-electron chi connectivity index (χ4n) is 3.64. The molecule has 1 saturated carbocycles. The summed E-state index contributed by atoms with van der Waals surface area (Å²) in [5.74, 6) is 0. The summed E-state index contributed by atoms with van der Waals surface area (Å²) in [6.07, 6.45) is 6.83. The molecular formula is C16H25N2S3+. The summed E-state index contributed by atoms with van der Waals surface area (Å²) in [4.78, 5) is 1.43. The lowest BCUT2D eigenvalue weighted by Gasteiger charge is -2.44. The van der Waals surface area contributed by atoms with Crippen molar-refractivity contribution in [2.75, 3.05) is 0 Å². The quantitative estimate of drug-likeness (QED) is 0.587. The van der Waals surface area contributed by atoms with Crippen LogP contribution in [0.5, 0.6) is 0 Å². The molecule has 1 fully saturated rings. The van der Waals surface area contributed by atoms with Crippen LogP contribution in [-0.2, 0) is 0 Å². The van der Waals surface area contributed by atoms with Crippen LogP contribution >= 0.6 is 35.7 Å². The average molecular weight is 342 g/mol. The highest BCUT2D eigenvalue weighted by molar-refractivity contribution is 8.17. The van der Waals surface area contributed by atoms with E-state index >= 15 is 0 Å². The molecule has 1 aromatic carbocycles. The van der Waals surface area contributed by atoms with Crippen molar-refractivity contribution in [3.05, 3.63) is 24.3 Å². The van der Waals surface area contributed by atoms with Crippen molar-refractivity contribution in [3.8, 4) is 0 Å². The number of nitrogens with two attached hydrogens (primary N) is 1. The maximum absolute atomic E-state index is 6.14. The molecule has 1 aliphatic heterocycles. The number of thioether (sulfide) groups is 1. The smallest absolute Gasteiger partial charge is 0.216 e. The Balaban J connectivity index is 2.07. The molecule has 2 atom stereocenters. The highest BCUT2D eigenvalue weighted by Crippen LogP contribution is 2.59. The number of fused-ring (bicyclic) bond motifs is 1. The Morgan fingerprint density at radius 2 is 1.90 bits per heavy atom. The van der Waals surface area contributed by atoms with Gasteiger partial charge in [-0.15, -0.1) is 0 Å². The third-order valence-electron chi connectivity index (χ3n) is 4.40. The second kappa shape index (κ2) is 6.75. The first-order chi connectivity index (χ1) is 10.2. The van der Waals surface area contributed by atoms with Crippen LogP contribution in [0.3, 0.4) is 0 Å². The highest BCUT2D eigenvalue weighted by Gasteiger charge is 2.54. The minimum atomic E-state index is 0.387. The van der Waals surface area contributed by atoms with E-state index in [2.05, 4.69) is 50.1 Å². The number of nitrogens with zero attached hydrogens (tertiary/aromatic N) is 1. The number of hydrogen-bond donors (Lipinski definition) is 1. The third kappa shape index (κ3) is 2.88. The first-order valence-electron chi connectivity index (χ1n) is 7.87. The maximum atomic E-state index is 6.14. The summed E-state index contributed by atoms with van der Waals surface area (Å²) < 4.78 is 1.41. The van der Waals surface area contributed by atoms with Crippen LogP contribution in [0.25, 0.3) is 0 Å². The third-order valence-corrected chi connectivity index (χ3v) is 8.47. The molecule has 2 unspecified atom stereocenters. The number of hydrogen-bond acceptors (Lipinski definition) is 4. The zero-order valence-corrected chi connectivity index (χ0v) is 15.3. The van der Waals surface area contributed by atoms with E-state index in [0.717, 1.165) is 3.89 Å². The van der Waals surface area contributed by atoms with Gasteiger partial charge in [0.05, 0.1) is 22.1 Å². The largest absolute Gasteiger partial charge is 0.272 e. The van der Waals surface area contributed by atoms with Crippen molar-refractivity contribution in [2.45, 2.75) is 66.8 Å². The van der Waals surface area contributed by atoms with Gasteiger partial charge in [-0.2, -0.15) is 0 Å². The molecule has 2 N–H and O–H groups in total. The van der Waals surface area contributed by atoms with Gasteiger partial charge in [-0.3, -0.25) is 5.14 Å². The van der Waals surface area contributed by atoms with Gasteiger partial charge >= 0.3 is 0 Å². The molecule has 2 aliphatic rings. The van der Waals surface area contributed by atoms with Crippen LogP contribution in [0.2, 0.25) is 0 Å². The van der Waals surface area contributed by atoms with Gasteiger partial charge in [-0.1, -0.05) is 18.6 Å². The van der Waals surface area contributed by atoms with Crippen molar-refractivity contribution in [2.24, 2.45) is 5.14 Å². The molecule has 116 valence electrons. The monoisotopic (exact) mass is 341 g/mol. The van der Waals surface area contributed by atoms with Gasteiger partial charge < -0.3 is 0 Å². The lowest BCUT2D eigenvalue weighted by molar-refractivity contribution is 0.288. The van der Waals surface area contributed by atoms with Gasteiger partial charge in [0.25, 0.3) is 0 Å². The van der Waals surface area contributed by atoms with Gasteiger partial charge in [0.2, 0.25) is 4.71 Å². The molecule has 1 heterocycles. The summed E-state index contributed by atoms with van der Waals surface area (Å²) >= 11 is 5.62. The number of para-hydroxylation sites is 1. The normalized spacial score (nSPS) is 29.8. The van der Waals surface area contributed by atoms with Crippen LogP contribution in [0.15, 0.2) is 29.2 Å². The van der Waals surface area contributed by atoms with Crippen molar-refractivity contribution >= 4 is 41.3 Å². The van der Waals surface area contributed by atoms with Crippen LogP contribution in [0.1, 0.15) is 46.0 Å². The topological polar surface area (TPSA) is 26.0 Å².